The third-order valence-corrected chi connectivity index (χ3v) is 10.6. The van der Waals surface area contributed by atoms with Gasteiger partial charge in [-0.05, 0) is 39.5 Å². The first-order chi connectivity index (χ1) is 14.8. The smallest absolute Gasteiger partial charge is 0.269 e. The minimum atomic E-state index is -2.75. The van der Waals surface area contributed by atoms with E-state index in [1.807, 2.05) is 18.2 Å². The Morgan fingerprint density at radius 3 is 1.81 bits per heavy atom. The highest BCUT2D eigenvalue weighted by Gasteiger charge is 2.51. The highest BCUT2D eigenvalue weighted by atomic mass is 28.4. The first-order valence-corrected chi connectivity index (χ1v) is 12.3. The van der Waals surface area contributed by atoms with Crippen LogP contribution in [-0.2, 0) is 4.43 Å². The highest BCUT2D eigenvalue weighted by Crippen LogP contribution is 2.40. The maximum atomic E-state index is 11.1. The number of hydrogen-bond acceptors (Lipinski definition) is 3. The second kappa shape index (κ2) is 9.41. The first kappa shape index (κ1) is 22.7. The fourth-order valence-electron chi connectivity index (χ4n) is 4.12. The van der Waals surface area contributed by atoms with E-state index in [0.717, 1.165) is 5.56 Å². The fraction of sp³-hybridized carbons (Fsp3) is 0.231. The maximum Gasteiger partial charge on any atom is 0.269 e. The van der Waals surface area contributed by atoms with E-state index in [2.05, 4.69) is 75.9 Å². The quantitative estimate of drug-likeness (QED) is 0.196. The Balaban J connectivity index is 2.18. The Labute approximate surface area is 185 Å². The summed E-state index contributed by atoms with van der Waals surface area (Å²) < 4.78 is 7.20. The van der Waals surface area contributed by atoms with Crippen LogP contribution in [0.5, 0.6) is 0 Å². The van der Waals surface area contributed by atoms with Gasteiger partial charge in [-0.2, -0.15) is 0 Å². The van der Waals surface area contributed by atoms with Crippen LogP contribution in [0.2, 0.25) is 5.04 Å². The monoisotopic (exact) mass is 431 g/mol. The molecule has 0 aliphatic rings. The molecule has 3 aromatic carbocycles. The zero-order valence-corrected chi connectivity index (χ0v) is 19.3. The third kappa shape index (κ3) is 4.68. The molecule has 160 valence electrons. The number of hydrogen-bond donors (Lipinski definition) is 0. The number of nitro groups is 1. The van der Waals surface area contributed by atoms with Gasteiger partial charge in [0.25, 0.3) is 14.0 Å². The number of rotatable bonds is 8. The van der Waals surface area contributed by atoms with Gasteiger partial charge in [0.05, 0.1) is 11.0 Å². The molecule has 0 bridgehead atoms. The summed E-state index contributed by atoms with van der Waals surface area (Å²) in [6.07, 6.45) is 2.20. The molecule has 0 spiro atoms. The van der Waals surface area contributed by atoms with Gasteiger partial charge in [-0.25, -0.2) is 0 Å². The molecule has 3 aromatic rings. The first-order valence-electron chi connectivity index (χ1n) is 10.4. The SMILES string of the molecule is C=CCC(O[Si](c1ccccc1)(c1ccccc1)C(C)(C)C)c1ccc([N+](=O)[O-])cc1. The molecule has 0 N–H and O–H groups in total. The number of non-ortho nitro benzene ring substituents is 1. The van der Waals surface area contributed by atoms with Crippen LogP contribution in [-0.4, -0.2) is 13.2 Å². The van der Waals surface area contributed by atoms with Gasteiger partial charge in [0.1, 0.15) is 0 Å². The van der Waals surface area contributed by atoms with Gasteiger partial charge >= 0.3 is 0 Å². The van der Waals surface area contributed by atoms with Crippen LogP contribution >= 0.6 is 0 Å². The molecule has 0 fully saturated rings. The van der Waals surface area contributed by atoms with Gasteiger partial charge in [0.15, 0.2) is 0 Å². The van der Waals surface area contributed by atoms with E-state index in [0.29, 0.717) is 6.42 Å². The molecule has 0 saturated heterocycles. The molecular weight excluding hydrogens is 402 g/mol. The Kier molecular flexibility index (Phi) is 6.88. The molecule has 0 amide bonds. The summed E-state index contributed by atoms with van der Waals surface area (Å²) in [7, 11) is -2.75. The van der Waals surface area contributed by atoms with E-state index in [-0.39, 0.29) is 21.8 Å². The van der Waals surface area contributed by atoms with Crippen molar-refractivity contribution in [2.24, 2.45) is 0 Å². The van der Waals surface area contributed by atoms with Crippen LogP contribution in [0.15, 0.2) is 97.6 Å². The summed E-state index contributed by atoms with van der Waals surface area (Å²) in [5.41, 5.74) is 0.991. The van der Waals surface area contributed by atoms with Gasteiger partial charge in [-0.1, -0.05) is 87.5 Å². The molecule has 0 heterocycles. The lowest BCUT2D eigenvalue weighted by atomic mass is 10.1. The van der Waals surface area contributed by atoms with E-state index < -0.39 is 8.32 Å². The van der Waals surface area contributed by atoms with Crippen molar-refractivity contribution in [3.05, 3.63) is 113 Å². The van der Waals surface area contributed by atoms with Crippen molar-refractivity contribution in [3.63, 3.8) is 0 Å². The average molecular weight is 432 g/mol. The van der Waals surface area contributed by atoms with E-state index in [1.165, 1.54) is 10.4 Å². The fourth-order valence-corrected chi connectivity index (χ4v) is 8.79. The molecule has 0 aromatic heterocycles. The van der Waals surface area contributed by atoms with Crippen molar-refractivity contribution >= 4 is 24.4 Å². The number of nitro benzene ring substituents is 1. The zero-order valence-electron chi connectivity index (χ0n) is 18.3. The standard InChI is InChI=1S/C26H29NO3Si/c1-5-12-25(21-17-19-22(20-18-21)27(28)29)30-31(26(2,3)4,23-13-8-6-9-14-23)24-15-10-7-11-16-24/h5-11,13-20,25H,1,12H2,2-4H3. The summed E-state index contributed by atoms with van der Waals surface area (Å²) in [6.45, 7) is 10.6. The molecule has 0 radical (unpaired) electrons. The molecule has 31 heavy (non-hydrogen) atoms. The van der Waals surface area contributed by atoms with Crippen molar-refractivity contribution < 1.29 is 9.35 Å². The molecule has 5 heteroatoms. The van der Waals surface area contributed by atoms with Crippen LogP contribution in [0.25, 0.3) is 0 Å². The van der Waals surface area contributed by atoms with E-state index in [9.17, 15) is 10.1 Å². The van der Waals surface area contributed by atoms with Crippen LogP contribution in [0, 0.1) is 10.1 Å². The highest BCUT2D eigenvalue weighted by molar-refractivity contribution is 6.99. The Morgan fingerprint density at radius 1 is 0.935 bits per heavy atom. The van der Waals surface area contributed by atoms with Crippen LogP contribution in [0.3, 0.4) is 0 Å². The molecule has 0 saturated carbocycles. The second-order valence-electron chi connectivity index (χ2n) is 8.64. The lowest BCUT2D eigenvalue weighted by molar-refractivity contribution is -0.384. The van der Waals surface area contributed by atoms with Crippen molar-refractivity contribution in [2.45, 2.75) is 38.3 Å². The Morgan fingerprint density at radius 2 is 1.42 bits per heavy atom. The summed E-state index contributed by atoms with van der Waals surface area (Å²) in [5.74, 6) is 0. The average Bonchev–Trinajstić information content (AvgIpc) is 2.77. The third-order valence-electron chi connectivity index (χ3n) is 5.59. The normalized spacial score (nSPS) is 12.9. The van der Waals surface area contributed by atoms with Gasteiger partial charge in [-0.15, -0.1) is 6.58 Å². The molecule has 4 nitrogen and oxygen atoms in total. The van der Waals surface area contributed by atoms with Crippen molar-refractivity contribution in [2.75, 3.05) is 0 Å². The van der Waals surface area contributed by atoms with Crippen molar-refractivity contribution in [1.29, 1.82) is 0 Å². The van der Waals surface area contributed by atoms with Gasteiger partial charge < -0.3 is 4.43 Å². The Hall–Kier alpha value is -3.02. The molecule has 3 rings (SSSR count). The molecule has 0 aliphatic carbocycles. The van der Waals surface area contributed by atoms with E-state index in [1.54, 1.807) is 24.3 Å². The summed E-state index contributed by atoms with van der Waals surface area (Å²) >= 11 is 0. The number of benzene rings is 3. The lowest BCUT2D eigenvalue weighted by Crippen LogP contribution is -2.66. The Bertz CT molecular complexity index is 973. The summed E-state index contributed by atoms with van der Waals surface area (Å²) in [5, 5.41) is 13.3. The summed E-state index contributed by atoms with van der Waals surface area (Å²) in [6, 6.07) is 27.6. The largest absolute Gasteiger partial charge is 0.400 e. The van der Waals surface area contributed by atoms with E-state index in [4.69, 9.17) is 4.43 Å². The van der Waals surface area contributed by atoms with E-state index >= 15 is 0 Å². The molecule has 0 aliphatic heterocycles. The predicted molar refractivity (Wildman–Crippen MR) is 129 cm³/mol. The molecular formula is C26H29NO3Si. The van der Waals surface area contributed by atoms with Gasteiger partial charge in [0, 0.05) is 12.1 Å². The topological polar surface area (TPSA) is 52.4 Å². The van der Waals surface area contributed by atoms with Crippen molar-refractivity contribution in [3.8, 4) is 0 Å². The maximum absolute atomic E-state index is 11.1. The zero-order chi connectivity index (χ0) is 22.5. The van der Waals surface area contributed by atoms with Crippen LogP contribution in [0.1, 0.15) is 38.9 Å². The minimum Gasteiger partial charge on any atom is -0.400 e. The van der Waals surface area contributed by atoms with Crippen LogP contribution in [0.4, 0.5) is 5.69 Å². The number of nitrogens with zero attached hydrogens (tertiary/aromatic N) is 1. The van der Waals surface area contributed by atoms with Gasteiger partial charge in [-0.3, -0.25) is 10.1 Å². The summed E-state index contributed by atoms with van der Waals surface area (Å²) in [4.78, 5) is 10.7. The molecule has 1 atom stereocenters. The van der Waals surface area contributed by atoms with Crippen molar-refractivity contribution in [1.82, 2.24) is 0 Å². The minimum absolute atomic E-state index is 0.0755. The lowest BCUT2D eigenvalue weighted by Gasteiger charge is -2.45. The van der Waals surface area contributed by atoms with Gasteiger partial charge in [0.2, 0.25) is 0 Å². The second-order valence-corrected chi connectivity index (χ2v) is 12.9. The van der Waals surface area contributed by atoms with Crippen LogP contribution < -0.4 is 10.4 Å². The molecule has 1 unspecified atom stereocenters. The predicted octanol–water partition coefficient (Wildman–Crippen LogP) is 5.79.